The van der Waals surface area contributed by atoms with Gasteiger partial charge in [-0.1, -0.05) is 17.9 Å². The number of carbonyl (C=O) groups is 1. The van der Waals surface area contributed by atoms with Gasteiger partial charge in [-0.15, -0.1) is 0 Å². The fraction of sp³-hybridized carbons (Fsp3) is 0.125. The van der Waals surface area contributed by atoms with Crippen LogP contribution >= 0.6 is 0 Å². The van der Waals surface area contributed by atoms with E-state index in [-0.39, 0.29) is 11.5 Å². The molecule has 0 fully saturated rings. The van der Waals surface area contributed by atoms with Gasteiger partial charge in [0.1, 0.15) is 12.0 Å². The second kappa shape index (κ2) is 3.05. The monoisotopic (exact) mass is 151 g/mol. The molecule has 1 aromatic carbocycles. The molecule has 0 saturated heterocycles. The van der Waals surface area contributed by atoms with Crippen LogP contribution in [0.25, 0.3) is 0 Å². The largest absolute Gasteiger partial charge is 0.870 e. The lowest BCUT2D eigenvalue weighted by molar-refractivity contribution is -0.270. The van der Waals surface area contributed by atoms with Crippen molar-refractivity contribution in [1.82, 2.24) is 0 Å². The highest BCUT2D eigenvalue weighted by molar-refractivity contribution is 5.76. The van der Waals surface area contributed by atoms with Gasteiger partial charge in [-0.05, 0) is 6.07 Å². The van der Waals surface area contributed by atoms with Crippen molar-refractivity contribution in [2.45, 2.75) is 0 Å². The second-order valence-electron chi connectivity index (χ2n) is 2.03. The van der Waals surface area contributed by atoms with Gasteiger partial charge in [0.15, 0.2) is 0 Å². The predicted octanol–water partition coefficient (Wildman–Crippen LogP) is 0.581. The van der Waals surface area contributed by atoms with Gasteiger partial charge in [-0.2, -0.15) is 0 Å². The minimum Gasteiger partial charge on any atom is -0.870 e. The Bertz CT molecular complexity index is 268. The van der Waals surface area contributed by atoms with Crippen LogP contribution in [0, 0.1) is 0 Å². The highest BCUT2D eigenvalue weighted by Gasteiger charge is 1.94. The van der Waals surface area contributed by atoms with E-state index in [0.29, 0.717) is 11.8 Å². The van der Waals surface area contributed by atoms with Gasteiger partial charge in [-0.25, -0.2) is 0 Å². The fourth-order valence-corrected chi connectivity index (χ4v) is 0.757. The van der Waals surface area contributed by atoms with E-state index in [1.165, 1.54) is 25.3 Å². The summed E-state index contributed by atoms with van der Waals surface area (Å²) < 4.78 is 4.72. The topological polar surface area (TPSA) is 49.4 Å². The van der Waals surface area contributed by atoms with Gasteiger partial charge in [0.2, 0.25) is 0 Å². The molecule has 0 radical (unpaired) electrons. The first-order chi connectivity index (χ1) is 5.27. The number of hydrogen-bond donors (Lipinski definition) is 0. The lowest BCUT2D eigenvalue weighted by Crippen LogP contribution is -1.95. The summed E-state index contributed by atoms with van der Waals surface area (Å²) in [5.41, 5.74) is 0.446. The van der Waals surface area contributed by atoms with Gasteiger partial charge >= 0.3 is 0 Å². The zero-order valence-corrected chi connectivity index (χ0v) is 6.03. The summed E-state index contributed by atoms with van der Waals surface area (Å²) in [5, 5.41) is 10.9. The number of rotatable bonds is 2. The zero-order chi connectivity index (χ0) is 8.27. The van der Waals surface area contributed by atoms with Crippen molar-refractivity contribution in [1.29, 1.82) is 0 Å². The third-order valence-electron chi connectivity index (χ3n) is 1.32. The van der Waals surface area contributed by atoms with E-state index in [1.54, 1.807) is 0 Å². The lowest BCUT2D eigenvalue weighted by Gasteiger charge is -2.11. The summed E-state index contributed by atoms with van der Waals surface area (Å²) >= 11 is 0. The van der Waals surface area contributed by atoms with Crippen LogP contribution in [0.3, 0.4) is 0 Å². The standard InChI is InChI=1S/C8H8O3/c1-11-8-4-6(5-9)2-3-7(8)10/h2-5,10H,1H3/p-1. The molecule has 0 bridgehead atoms. The van der Waals surface area contributed by atoms with E-state index in [2.05, 4.69) is 0 Å². The molecule has 3 nitrogen and oxygen atoms in total. The SMILES string of the molecule is COc1cc(C=O)ccc1[O-]. The fourth-order valence-electron chi connectivity index (χ4n) is 0.757. The Morgan fingerprint density at radius 1 is 1.55 bits per heavy atom. The molecule has 3 heteroatoms. The van der Waals surface area contributed by atoms with Crippen LogP contribution in [0.15, 0.2) is 18.2 Å². The third kappa shape index (κ3) is 1.49. The Labute approximate surface area is 64.2 Å². The van der Waals surface area contributed by atoms with Gasteiger partial charge in [0.25, 0.3) is 0 Å². The molecule has 1 rings (SSSR count). The van der Waals surface area contributed by atoms with Crippen LogP contribution in [0.4, 0.5) is 0 Å². The Hall–Kier alpha value is -1.51. The summed E-state index contributed by atoms with van der Waals surface area (Å²) in [5.74, 6) is -0.00676. The molecule has 0 aliphatic carbocycles. The van der Waals surface area contributed by atoms with Crippen molar-refractivity contribution in [3.8, 4) is 11.5 Å². The molecule has 0 saturated carbocycles. The molecular formula is C8H7O3-. The Balaban J connectivity index is 3.12. The van der Waals surface area contributed by atoms with Crippen LogP contribution in [-0.2, 0) is 0 Å². The van der Waals surface area contributed by atoms with Crippen LogP contribution in [0.5, 0.6) is 11.5 Å². The highest BCUT2D eigenvalue weighted by atomic mass is 16.5. The Morgan fingerprint density at radius 2 is 2.27 bits per heavy atom. The number of ether oxygens (including phenoxy) is 1. The molecule has 0 atom stereocenters. The molecule has 0 heterocycles. The summed E-state index contributed by atoms with van der Waals surface area (Å²) in [4.78, 5) is 10.2. The van der Waals surface area contributed by atoms with Crippen molar-refractivity contribution in [2.24, 2.45) is 0 Å². The Morgan fingerprint density at radius 3 is 2.82 bits per heavy atom. The van der Waals surface area contributed by atoms with Crippen molar-refractivity contribution < 1.29 is 14.6 Å². The first-order valence-electron chi connectivity index (χ1n) is 3.08. The van der Waals surface area contributed by atoms with Crippen LogP contribution < -0.4 is 9.84 Å². The molecule has 58 valence electrons. The molecule has 11 heavy (non-hydrogen) atoms. The molecule has 0 aliphatic rings. The molecule has 0 aromatic heterocycles. The second-order valence-corrected chi connectivity index (χ2v) is 2.03. The zero-order valence-electron chi connectivity index (χ0n) is 6.03. The minimum atomic E-state index is -0.210. The van der Waals surface area contributed by atoms with E-state index in [4.69, 9.17) is 4.74 Å². The van der Waals surface area contributed by atoms with Crippen molar-refractivity contribution in [2.75, 3.05) is 7.11 Å². The minimum absolute atomic E-state index is 0.203. The van der Waals surface area contributed by atoms with E-state index < -0.39 is 0 Å². The highest BCUT2D eigenvalue weighted by Crippen LogP contribution is 2.22. The molecule has 0 N–H and O–H groups in total. The average Bonchev–Trinajstić information content (AvgIpc) is 2.05. The number of benzene rings is 1. The third-order valence-corrected chi connectivity index (χ3v) is 1.32. The summed E-state index contributed by atoms with van der Waals surface area (Å²) in [6, 6.07) is 4.18. The van der Waals surface area contributed by atoms with E-state index >= 15 is 0 Å². The molecular weight excluding hydrogens is 144 g/mol. The van der Waals surface area contributed by atoms with Crippen molar-refractivity contribution in [3.05, 3.63) is 23.8 Å². The summed E-state index contributed by atoms with van der Waals surface area (Å²) in [7, 11) is 1.39. The van der Waals surface area contributed by atoms with Crippen molar-refractivity contribution in [3.63, 3.8) is 0 Å². The van der Waals surface area contributed by atoms with E-state index in [9.17, 15) is 9.90 Å². The summed E-state index contributed by atoms with van der Waals surface area (Å²) in [6.07, 6.45) is 0.669. The molecule has 0 unspecified atom stereocenters. The maximum Gasteiger partial charge on any atom is 0.150 e. The van der Waals surface area contributed by atoms with E-state index in [1.807, 2.05) is 0 Å². The first kappa shape index (κ1) is 7.60. The molecule has 0 amide bonds. The maximum absolute atomic E-state index is 10.9. The van der Waals surface area contributed by atoms with E-state index in [0.717, 1.165) is 0 Å². The first-order valence-corrected chi connectivity index (χ1v) is 3.08. The number of aldehydes is 1. The molecule has 0 spiro atoms. The van der Waals surface area contributed by atoms with Gasteiger partial charge < -0.3 is 9.84 Å². The molecule has 1 aromatic rings. The van der Waals surface area contributed by atoms with Gasteiger partial charge in [-0.3, -0.25) is 4.79 Å². The maximum atomic E-state index is 10.9. The van der Waals surface area contributed by atoms with Crippen LogP contribution in [-0.4, -0.2) is 13.4 Å². The quantitative estimate of drug-likeness (QED) is 0.581. The Kier molecular flexibility index (Phi) is 2.11. The number of carbonyl (C=O) groups excluding carboxylic acids is 1. The van der Waals surface area contributed by atoms with Gasteiger partial charge in [0.05, 0.1) is 7.11 Å². The predicted molar refractivity (Wildman–Crippen MR) is 37.8 cm³/mol. The molecule has 0 aliphatic heterocycles. The number of hydrogen-bond acceptors (Lipinski definition) is 3. The van der Waals surface area contributed by atoms with Crippen LogP contribution in [0.1, 0.15) is 10.4 Å². The lowest BCUT2D eigenvalue weighted by atomic mass is 10.2. The van der Waals surface area contributed by atoms with Gasteiger partial charge in [0, 0.05) is 5.56 Å². The average molecular weight is 151 g/mol. The number of methoxy groups -OCH3 is 1. The summed E-state index contributed by atoms with van der Waals surface area (Å²) in [6.45, 7) is 0. The smallest absolute Gasteiger partial charge is 0.150 e. The normalized spacial score (nSPS) is 9.18. The van der Waals surface area contributed by atoms with Crippen LogP contribution in [0.2, 0.25) is 0 Å². The van der Waals surface area contributed by atoms with Crippen molar-refractivity contribution >= 4 is 6.29 Å².